The molecule has 1 heterocycles. The number of hydrogen-bond donors (Lipinski definition) is 3. The molecule has 0 atom stereocenters. The average molecular weight is 443 g/mol. The van der Waals surface area contributed by atoms with Gasteiger partial charge in [0.2, 0.25) is 11.8 Å². The van der Waals surface area contributed by atoms with E-state index in [1.165, 1.54) is 6.92 Å². The number of carbonyl (C=O) groups is 3. The third kappa shape index (κ3) is 7.00. The number of nitrogens with zero attached hydrogens (tertiary/aromatic N) is 1. The third-order valence-electron chi connectivity index (χ3n) is 5.16. The van der Waals surface area contributed by atoms with Gasteiger partial charge in [0.25, 0.3) is 0 Å². The fraction of sp³-hybridized carbons (Fsp3) is 0.348. The van der Waals surface area contributed by atoms with Crippen LogP contribution in [-0.2, 0) is 16.0 Å². The first-order chi connectivity index (χ1) is 14.9. The molecule has 0 aliphatic carbocycles. The van der Waals surface area contributed by atoms with Crippen LogP contribution in [-0.4, -0.2) is 41.9 Å². The molecule has 3 N–H and O–H groups in total. The lowest BCUT2D eigenvalue weighted by molar-refractivity contribution is -0.122. The SMILES string of the molecule is CC(=O)Nc1ccc(NC(=O)N2CCC(NC(=O)CCc3ccccc3)CC2)c(Cl)c1. The number of hydrogen-bond acceptors (Lipinski definition) is 3. The summed E-state index contributed by atoms with van der Waals surface area (Å²) in [5.74, 6) is -0.152. The molecule has 0 aromatic heterocycles. The normalized spacial score (nSPS) is 14.1. The van der Waals surface area contributed by atoms with Crippen LogP contribution in [0.1, 0.15) is 31.7 Å². The van der Waals surface area contributed by atoms with E-state index < -0.39 is 0 Å². The highest BCUT2D eigenvalue weighted by Gasteiger charge is 2.24. The average Bonchev–Trinajstić information content (AvgIpc) is 2.75. The maximum atomic E-state index is 12.6. The van der Waals surface area contributed by atoms with Gasteiger partial charge in [-0.25, -0.2) is 4.79 Å². The van der Waals surface area contributed by atoms with Crippen LogP contribution in [0.5, 0.6) is 0 Å². The smallest absolute Gasteiger partial charge is 0.321 e. The molecular weight excluding hydrogens is 416 g/mol. The molecule has 3 rings (SSSR count). The molecule has 7 nitrogen and oxygen atoms in total. The van der Waals surface area contributed by atoms with E-state index >= 15 is 0 Å². The lowest BCUT2D eigenvalue weighted by Gasteiger charge is -2.32. The molecule has 0 unspecified atom stereocenters. The molecule has 0 saturated carbocycles. The van der Waals surface area contributed by atoms with Crippen LogP contribution in [0, 0.1) is 0 Å². The van der Waals surface area contributed by atoms with E-state index in [2.05, 4.69) is 16.0 Å². The third-order valence-corrected chi connectivity index (χ3v) is 5.47. The van der Waals surface area contributed by atoms with E-state index in [1.807, 2.05) is 30.3 Å². The molecule has 31 heavy (non-hydrogen) atoms. The highest BCUT2D eigenvalue weighted by Crippen LogP contribution is 2.26. The number of amides is 4. The summed E-state index contributed by atoms with van der Waals surface area (Å²) in [6, 6.07) is 14.7. The number of anilines is 2. The van der Waals surface area contributed by atoms with Crippen molar-refractivity contribution >= 4 is 40.8 Å². The second-order valence-corrected chi connectivity index (χ2v) is 8.03. The zero-order chi connectivity index (χ0) is 22.2. The van der Waals surface area contributed by atoms with Crippen LogP contribution in [0.2, 0.25) is 5.02 Å². The Kier molecular flexibility index (Phi) is 7.89. The number of nitrogens with one attached hydrogen (secondary N) is 3. The molecule has 0 spiro atoms. The van der Waals surface area contributed by atoms with Gasteiger partial charge in [-0.1, -0.05) is 41.9 Å². The van der Waals surface area contributed by atoms with E-state index in [-0.39, 0.29) is 23.9 Å². The molecule has 4 amide bonds. The number of urea groups is 1. The van der Waals surface area contributed by atoms with E-state index in [0.29, 0.717) is 48.7 Å². The lowest BCUT2D eigenvalue weighted by atomic mass is 10.0. The fourth-order valence-corrected chi connectivity index (χ4v) is 3.75. The molecule has 0 radical (unpaired) electrons. The molecule has 164 valence electrons. The van der Waals surface area contributed by atoms with Crippen molar-refractivity contribution in [3.05, 3.63) is 59.1 Å². The molecule has 1 aliphatic rings. The Balaban J connectivity index is 1.42. The Morgan fingerprint density at radius 1 is 1.03 bits per heavy atom. The van der Waals surface area contributed by atoms with Gasteiger partial charge < -0.3 is 20.9 Å². The summed E-state index contributed by atoms with van der Waals surface area (Å²) in [7, 11) is 0. The number of piperidine rings is 1. The summed E-state index contributed by atoms with van der Waals surface area (Å²) >= 11 is 6.22. The second-order valence-electron chi connectivity index (χ2n) is 7.62. The van der Waals surface area contributed by atoms with Crippen LogP contribution in [0.15, 0.2) is 48.5 Å². The predicted molar refractivity (Wildman–Crippen MR) is 122 cm³/mol. The summed E-state index contributed by atoms with van der Waals surface area (Å²) in [6.07, 6.45) is 2.59. The first kappa shape index (κ1) is 22.6. The van der Waals surface area contributed by atoms with Crippen LogP contribution < -0.4 is 16.0 Å². The standard InChI is InChI=1S/C23H27ClN4O3/c1-16(29)25-19-8-9-21(20(24)15-19)27-23(31)28-13-11-18(12-14-28)26-22(30)10-7-17-5-3-2-4-6-17/h2-6,8-9,15,18H,7,10-14H2,1H3,(H,25,29)(H,26,30)(H,27,31). The van der Waals surface area contributed by atoms with Crippen LogP contribution >= 0.6 is 11.6 Å². The van der Waals surface area contributed by atoms with Crippen molar-refractivity contribution in [3.63, 3.8) is 0 Å². The number of carbonyl (C=O) groups excluding carboxylic acids is 3. The number of likely N-dealkylation sites (tertiary alicyclic amines) is 1. The molecular formula is C23H27ClN4O3. The summed E-state index contributed by atoms with van der Waals surface area (Å²) in [5.41, 5.74) is 2.20. The highest BCUT2D eigenvalue weighted by molar-refractivity contribution is 6.34. The minimum absolute atomic E-state index is 0.0396. The van der Waals surface area contributed by atoms with Crippen LogP contribution in [0.25, 0.3) is 0 Å². The summed E-state index contributed by atoms with van der Waals surface area (Å²) in [6.45, 7) is 2.52. The first-order valence-corrected chi connectivity index (χ1v) is 10.7. The van der Waals surface area contributed by atoms with Gasteiger partial charge >= 0.3 is 6.03 Å². The lowest BCUT2D eigenvalue weighted by Crippen LogP contribution is -2.47. The van der Waals surface area contributed by atoms with Gasteiger partial charge in [-0.2, -0.15) is 0 Å². The van der Waals surface area contributed by atoms with Crippen molar-refractivity contribution in [2.75, 3.05) is 23.7 Å². The van der Waals surface area contributed by atoms with Crippen LogP contribution in [0.4, 0.5) is 16.2 Å². The van der Waals surface area contributed by atoms with E-state index in [0.717, 1.165) is 12.0 Å². The first-order valence-electron chi connectivity index (χ1n) is 10.4. The molecule has 0 bridgehead atoms. The van der Waals surface area contributed by atoms with Gasteiger partial charge in [-0.15, -0.1) is 0 Å². The Labute approximate surface area is 187 Å². The van der Waals surface area contributed by atoms with E-state index in [9.17, 15) is 14.4 Å². The van der Waals surface area contributed by atoms with Crippen molar-refractivity contribution in [1.82, 2.24) is 10.2 Å². The summed E-state index contributed by atoms with van der Waals surface area (Å²) in [4.78, 5) is 37.6. The fourth-order valence-electron chi connectivity index (χ4n) is 3.52. The number of benzene rings is 2. The topological polar surface area (TPSA) is 90.5 Å². The van der Waals surface area contributed by atoms with Gasteiger partial charge in [0.15, 0.2) is 0 Å². The van der Waals surface area contributed by atoms with Crippen LogP contribution in [0.3, 0.4) is 0 Å². The molecule has 8 heteroatoms. The maximum absolute atomic E-state index is 12.6. The van der Waals surface area contributed by atoms with Crippen molar-refractivity contribution in [2.24, 2.45) is 0 Å². The number of halogens is 1. The summed E-state index contributed by atoms with van der Waals surface area (Å²) < 4.78 is 0. The zero-order valence-corrected chi connectivity index (χ0v) is 18.2. The largest absolute Gasteiger partial charge is 0.353 e. The van der Waals surface area contributed by atoms with Crippen molar-refractivity contribution in [2.45, 2.75) is 38.6 Å². The van der Waals surface area contributed by atoms with Crippen molar-refractivity contribution < 1.29 is 14.4 Å². The minimum Gasteiger partial charge on any atom is -0.353 e. The molecule has 1 aliphatic heterocycles. The molecule has 2 aromatic carbocycles. The highest BCUT2D eigenvalue weighted by atomic mass is 35.5. The van der Waals surface area contributed by atoms with Crippen molar-refractivity contribution in [3.8, 4) is 0 Å². The monoisotopic (exact) mass is 442 g/mol. The molecule has 1 fully saturated rings. The van der Waals surface area contributed by atoms with Gasteiger partial charge in [-0.3, -0.25) is 9.59 Å². The summed E-state index contributed by atoms with van der Waals surface area (Å²) in [5, 5.41) is 8.88. The zero-order valence-electron chi connectivity index (χ0n) is 17.5. The Bertz CT molecular complexity index is 928. The van der Waals surface area contributed by atoms with Gasteiger partial charge in [-0.05, 0) is 43.0 Å². The molecule has 2 aromatic rings. The Morgan fingerprint density at radius 3 is 2.39 bits per heavy atom. The number of aryl methyl sites for hydroxylation is 1. The van der Waals surface area contributed by atoms with Gasteiger partial charge in [0.05, 0.1) is 10.7 Å². The van der Waals surface area contributed by atoms with Crippen molar-refractivity contribution in [1.29, 1.82) is 0 Å². The van der Waals surface area contributed by atoms with Gasteiger partial charge in [0.1, 0.15) is 0 Å². The predicted octanol–water partition coefficient (Wildman–Crippen LogP) is 4.04. The second kappa shape index (κ2) is 10.8. The minimum atomic E-state index is -0.233. The Hall–Kier alpha value is -3.06. The van der Waals surface area contributed by atoms with E-state index in [1.54, 1.807) is 23.1 Å². The number of rotatable bonds is 6. The maximum Gasteiger partial charge on any atom is 0.321 e. The quantitative estimate of drug-likeness (QED) is 0.630. The van der Waals surface area contributed by atoms with E-state index in [4.69, 9.17) is 11.6 Å². The van der Waals surface area contributed by atoms with Gasteiger partial charge in [0, 0.05) is 38.2 Å². The Morgan fingerprint density at radius 2 is 1.74 bits per heavy atom. The molecule has 1 saturated heterocycles.